The Morgan fingerprint density at radius 1 is 1.24 bits per heavy atom. The van der Waals surface area contributed by atoms with Crippen LogP contribution < -0.4 is 15.4 Å². The normalized spacial score (nSPS) is 21.9. The number of nitrogens with one attached hydrogen (secondary N) is 2. The molecule has 0 saturated heterocycles. The Hall–Kier alpha value is -2.63. The Kier molecular flexibility index (Phi) is 7.98. The fraction of sp³-hybridized carbons (Fsp3) is 0.476. The Balaban J connectivity index is 1.30. The van der Waals surface area contributed by atoms with Crippen LogP contribution in [0.15, 0.2) is 30.5 Å². The summed E-state index contributed by atoms with van der Waals surface area (Å²) in [6.07, 6.45) is -6.88. The zero-order chi connectivity index (χ0) is 24.2. The average Bonchev–Trinajstić information content (AvgIpc) is 2.69. The number of ether oxygens (including phenoxy) is 3. The lowest BCUT2D eigenvalue weighted by atomic mass is 9.92. The number of hydrogen-bond acceptors (Lipinski definition) is 6. The highest BCUT2D eigenvalue weighted by molar-refractivity contribution is 6.31. The molecule has 2 aliphatic rings. The van der Waals surface area contributed by atoms with Crippen molar-refractivity contribution in [1.29, 1.82) is 0 Å². The number of Topliss-reactive ketones (excluding diaryl/α,β-unsaturated/α-hetero) is 1. The zero-order valence-electron chi connectivity index (χ0n) is 17.4. The fourth-order valence-corrected chi connectivity index (χ4v) is 3.49. The molecule has 1 aliphatic carbocycles. The Labute approximate surface area is 192 Å². The number of halogens is 4. The van der Waals surface area contributed by atoms with Crippen molar-refractivity contribution in [1.82, 2.24) is 10.6 Å². The molecule has 12 heteroatoms. The molecule has 1 atom stereocenters. The molecular weight excluding hydrogens is 469 g/mol. The summed E-state index contributed by atoms with van der Waals surface area (Å²) in [5.41, 5.74) is 0.645. The molecule has 2 N–H and O–H groups in total. The molecule has 1 saturated carbocycles. The van der Waals surface area contributed by atoms with Crippen molar-refractivity contribution in [3.63, 3.8) is 0 Å². The number of alkyl halides is 3. The lowest BCUT2D eigenvalue weighted by molar-refractivity contribution is -0.357. The molecule has 0 bridgehead atoms. The van der Waals surface area contributed by atoms with Crippen LogP contribution in [-0.4, -0.2) is 55.4 Å². The van der Waals surface area contributed by atoms with Gasteiger partial charge in [-0.15, -0.1) is 13.2 Å². The lowest BCUT2D eigenvalue weighted by Gasteiger charge is -2.34. The van der Waals surface area contributed by atoms with Crippen LogP contribution in [0.1, 0.15) is 36.0 Å². The summed E-state index contributed by atoms with van der Waals surface area (Å²) in [6, 6.07) is 4.58. The van der Waals surface area contributed by atoms with E-state index in [-0.39, 0.29) is 50.4 Å². The highest BCUT2D eigenvalue weighted by Gasteiger charge is 2.40. The second-order valence-corrected chi connectivity index (χ2v) is 8.09. The van der Waals surface area contributed by atoms with Gasteiger partial charge >= 0.3 is 6.36 Å². The summed E-state index contributed by atoms with van der Waals surface area (Å²) < 4.78 is 50.9. The zero-order valence-corrected chi connectivity index (χ0v) is 18.1. The van der Waals surface area contributed by atoms with E-state index in [9.17, 15) is 27.6 Å². The first kappa shape index (κ1) is 25.0. The van der Waals surface area contributed by atoms with Crippen LogP contribution in [-0.2, 0) is 19.1 Å². The third-order valence-corrected chi connectivity index (χ3v) is 5.25. The van der Waals surface area contributed by atoms with E-state index in [4.69, 9.17) is 21.1 Å². The molecule has 8 nitrogen and oxygen atoms in total. The van der Waals surface area contributed by atoms with Gasteiger partial charge in [-0.25, -0.2) is 0 Å². The van der Waals surface area contributed by atoms with Crippen molar-refractivity contribution in [2.24, 2.45) is 0 Å². The number of benzene rings is 1. The van der Waals surface area contributed by atoms with Crippen molar-refractivity contribution in [2.45, 2.75) is 50.4 Å². The largest absolute Gasteiger partial charge is 0.522 e. The molecule has 0 spiro atoms. The molecule has 33 heavy (non-hydrogen) atoms. The second kappa shape index (κ2) is 10.5. The molecule has 0 radical (unpaired) electrons. The molecule has 2 amide bonds. The first-order chi connectivity index (χ1) is 15.5. The van der Waals surface area contributed by atoms with Crippen molar-refractivity contribution < 1.29 is 41.8 Å². The fourth-order valence-electron chi connectivity index (χ4n) is 3.32. The smallest absolute Gasteiger partial charge is 0.479 e. The maximum atomic E-state index is 12.3. The van der Waals surface area contributed by atoms with Gasteiger partial charge in [-0.3, -0.25) is 19.1 Å². The van der Waals surface area contributed by atoms with Gasteiger partial charge in [-0.2, -0.15) is 0 Å². The lowest BCUT2D eigenvalue weighted by Crippen LogP contribution is -2.43. The van der Waals surface area contributed by atoms with E-state index in [1.165, 1.54) is 12.1 Å². The topological polar surface area (TPSA) is 103 Å². The van der Waals surface area contributed by atoms with E-state index in [1.54, 1.807) is 6.07 Å². The molecule has 1 aromatic carbocycles. The molecular formula is C21H22ClF3N2O6. The van der Waals surface area contributed by atoms with Crippen LogP contribution in [0.2, 0.25) is 5.02 Å². The highest BCUT2D eigenvalue weighted by Crippen LogP contribution is 2.32. The van der Waals surface area contributed by atoms with Gasteiger partial charge in [0.1, 0.15) is 12.4 Å². The number of fused-ring (bicyclic) bond motifs is 1. The van der Waals surface area contributed by atoms with Crippen molar-refractivity contribution >= 4 is 29.2 Å². The molecule has 180 valence electrons. The molecule has 1 aromatic rings. The summed E-state index contributed by atoms with van der Waals surface area (Å²) in [5, 5.41) is 5.51. The first-order valence-corrected chi connectivity index (χ1v) is 10.5. The molecule has 1 fully saturated rings. The van der Waals surface area contributed by atoms with Gasteiger partial charge in [0, 0.05) is 36.5 Å². The summed E-state index contributed by atoms with van der Waals surface area (Å²) in [7, 11) is 0. The molecule has 1 aliphatic heterocycles. The summed E-state index contributed by atoms with van der Waals surface area (Å²) in [6.45, 7) is 3.49. The van der Waals surface area contributed by atoms with Crippen LogP contribution in [0.4, 0.5) is 13.2 Å². The van der Waals surface area contributed by atoms with Crippen LogP contribution in [0.3, 0.4) is 0 Å². The predicted molar refractivity (Wildman–Crippen MR) is 110 cm³/mol. The number of ketones is 1. The molecule has 0 aromatic heterocycles. The number of hydrogen-bond donors (Lipinski definition) is 2. The highest BCUT2D eigenvalue weighted by atomic mass is 35.5. The summed E-state index contributed by atoms with van der Waals surface area (Å²) >= 11 is 5.87. The third-order valence-electron chi connectivity index (χ3n) is 5.02. The summed E-state index contributed by atoms with van der Waals surface area (Å²) in [5.74, 6) is -0.955. The third kappa shape index (κ3) is 7.44. The van der Waals surface area contributed by atoms with Crippen LogP contribution >= 0.6 is 11.6 Å². The predicted octanol–water partition coefficient (Wildman–Crippen LogP) is 2.89. The molecule has 0 unspecified atom stereocenters. The monoisotopic (exact) mass is 490 g/mol. The Morgan fingerprint density at radius 3 is 2.67 bits per heavy atom. The van der Waals surface area contributed by atoms with Crippen molar-refractivity contribution in [3.8, 4) is 5.75 Å². The standard InChI is InChI=1S/C21H22ClF3N2O6/c1-11(27-19(29)10-31-13-7-14(8-13)33-21(23,24)25)4-5-26-20(30)18-9-16(28)15-6-12(22)2-3-17(15)32-18/h2-3,6,13-14,18H,1,4-5,7-10H2,(H,26,30)(H,27,29)/t13?,14?,18-/m1/s1. The van der Waals surface area contributed by atoms with Gasteiger partial charge in [-0.1, -0.05) is 18.2 Å². The van der Waals surface area contributed by atoms with Gasteiger partial charge < -0.3 is 20.1 Å². The number of amides is 2. The quantitative estimate of drug-likeness (QED) is 0.552. The van der Waals surface area contributed by atoms with E-state index >= 15 is 0 Å². The van der Waals surface area contributed by atoms with Crippen LogP contribution in [0.5, 0.6) is 5.75 Å². The van der Waals surface area contributed by atoms with Gasteiger partial charge in [-0.05, 0) is 18.2 Å². The van der Waals surface area contributed by atoms with Gasteiger partial charge in [0.25, 0.3) is 5.91 Å². The van der Waals surface area contributed by atoms with E-state index in [2.05, 4.69) is 21.9 Å². The Morgan fingerprint density at radius 2 is 1.97 bits per heavy atom. The maximum Gasteiger partial charge on any atom is 0.522 e. The average molecular weight is 491 g/mol. The maximum absolute atomic E-state index is 12.3. The van der Waals surface area contributed by atoms with Gasteiger partial charge in [0.15, 0.2) is 11.9 Å². The summed E-state index contributed by atoms with van der Waals surface area (Å²) in [4.78, 5) is 36.4. The minimum atomic E-state index is -4.68. The minimum Gasteiger partial charge on any atom is -0.479 e. The van der Waals surface area contributed by atoms with Crippen LogP contribution in [0.25, 0.3) is 0 Å². The van der Waals surface area contributed by atoms with E-state index < -0.39 is 36.5 Å². The first-order valence-electron chi connectivity index (χ1n) is 10.1. The molecule has 1 heterocycles. The van der Waals surface area contributed by atoms with Crippen molar-refractivity contribution in [2.75, 3.05) is 13.2 Å². The Bertz CT molecular complexity index is 933. The second-order valence-electron chi connectivity index (χ2n) is 7.66. The van der Waals surface area contributed by atoms with Crippen LogP contribution in [0, 0.1) is 0 Å². The SMILES string of the molecule is C=C(CCNC(=O)[C@H]1CC(=O)c2cc(Cl)ccc2O1)NC(=O)COC1CC(OC(F)(F)F)C1. The molecule has 3 rings (SSSR count). The van der Waals surface area contributed by atoms with Crippen molar-refractivity contribution in [3.05, 3.63) is 41.1 Å². The van der Waals surface area contributed by atoms with Gasteiger partial charge in [0.2, 0.25) is 5.91 Å². The minimum absolute atomic E-state index is 0.0586. The van der Waals surface area contributed by atoms with E-state index in [0.717, 1.165) is 0 Å². The number of carbonyl (C=O) groups excluding carboxylic acids is 3. The van der Waals surface area contributed by atoms with E-state index in [1.807, 2.05) is 0 Å². The van der Waals surface area contributed by atoms with E-state index in [0.29, 0.717) is 16.3 Å². The number of carbonyl (C=O) groups is 3. The number of rotatable bonds is 9. The van der Waals surface area contributed by atoms with Gasteiger partial charge in [0.05, 0.1) is 24.2 Å².